The molecule has 2 amide bonds. The fourth-order valence-corrected chi connectivity index (χ4v) is 3.58. The topological polar surface area (TPSA) is 67.4 Å². The highest BCUT2D eigenvalue weighted by Gasteiger charge is 2.15. The molecule has 5 nitrogen and oxygen atoms in total. The second kappa shape index (κ2) is 11.0. The summed E-state index contributed by atoms with van der Waals surface area (Å²) in [4.78, 5) is 25.7. The number of anilines is 2. The number of rotatable bonds is 8. The Kier molecular flexibility index (Phi) is 8.06. The van der Waals surface area contributed by atoms with Gasteiger partial charge in [-0.25, -0.2) is 0 Å². The molecule has 0 saturated heterocycles. The van der Waals surface area contributed by atoms with Crippen LogP contribution in [-0.2, 0) is 0 Å². The molecule has 32 heavy (non-hydrogen) atoms. The van der Waals surface area contributed by atoms with Gasteiger partial charge in [0.25, 0.3) is 11.8 Å². The highest BCUT2D eigenvalue weighted by molar-refractivity contribution is 9.10. The van der Waals surface area contributed by atoms with Crippen molar-refractivity contribution in [2.75, 3.05) is 17.2 Å². The number of halogens is 1. The van der Waals surface area contributed by atoms with Gasteiger partial charge in [0.15, 0.2) is 0 Å². The van der Waals surface area contributed by atoms with E-state index in [9.17, 15) is 9.59 Å². The van der Waals surface area contributed by atoms with Gasteiger partial charge in [-0.1, -0.05) is 31.5 Å². The minimum atomic E-state index is -0.308. The van der Waals surface area contributed by atoms with Crippen LogP contribution in [0.1, 0.15) is 51.6 Å². The number of amides is 2. The summed E-state index contributed by atoms with van der Waals surface area (Å²) in [6.45, 7) is 6.75. The van der Waals surface area contributed by atoms with E-state index >= 15 is 0 Å². The molecule has 0 aliphatic heterocycles. The van der Waals surface area contributed by atoms with E-state index in [0.29, 0.717) is 39.3 Å². The van der Waals surface area contributed by atoms with Crippen molar-refractivity contribution in [3.63, 3.8) is 0 Å². The zero-order valence-electron chi connectivity index (χ0n) is 18.5. The van der Waals surface area contributed by atoms with E-state index < -0.39 is 0 Å². The molecule has 0 heterocycles. The minimum absolute atomic E-state index is 0.287. The van der Waals surface area contributed by atoms with Gasteiger partial charge in [-0.05, 0) is 89.8 Å². The van der Waals surface area contributed by atoms with Crippen molar-refractivity contribution >= 4 is 39.1 Å². The normalized spacial score (nSPS) is 10.5. The summed E-state index contributed by atoms with van der Waals surface area (Å²) in [7, 11) is 0. The molecule has 0 atom stereocenters. The Morgan fingerprint density at radius 3 is 2.41 bits per heavy atom. The van der Waals surface area contributed by atoms with Gasteiger partial charge in [-0.3, -0.25) is 9.59 Å². The van der Waals surface area contributed by atoms with Gasteiger partial charge in [0.05, 0.1) is 22.3 Å². The molecule has 0 aliphatic carbocycles. The fraction of sp³-hybridized carbons (Fsp3) is 0.231. The smallest absolute Gasteiger partial charge is 0.257 e. The highest BCUT2D eigenvalue weighted by Crippen LogP contribution is 2.27. The molecular formula is C26H27BrN2O3. The highest BCUT2D eigenvalue weighted by atomic mass is 79.9. The molecule has 0 fully saturated rings. The lowest BCUT2D eigenvalue weighted by Gasteiger charge is -2.13. The molecule has 0 radical (unpaired) electrons. The van der Waals surface area contributed by atoms with Crippen LogP contribution in [-0.4, -0.2) is 18.4 Å². The monoisotopic (exact) mass is 494 g/mol. The Morgan fingerprint density at radius 1 is 0.906 bits per heavy atom. The van der Waals surface area contributed by atoms with E-state index in [1.807, 2.05) is 32.0 Å². The molecule has 0 aliphatic rings. The Morgan fingerprint density at radius 2 is 1.69 bits per heavy atom. The Balaban J connectivity index is 1.74. The van der Waals surface area contributed by atoms with Gasteiger partial charge in [-0.15, -0.1) is 0 Å². The summed E-state index contributed by atoms with van der Waals surface area (Å²) in [5.74, 6) is 0.102. The van der Waals surface area contributed by atoms with E-state index in [4.69, 9.17) is 4.74 Å². The average molecular weight is 495 g/mol. The molecule has 6 heteroatoms. The molecule has 0 spiro atoms. The van der Waals surface area contributed by atoms with Crippen LogP contribution in [0, 0.1) is 13.8 Å². The van der Waals surface area contributed by atoms with Crippen LogP contribution in [0.2, 0.25) is 0 Å². The number of unbranched alkanes of at least 4 members (excludes halogenated alkanes) is 1. The first-order valence-electron chi connectivity index (χ1n) is 10.6. The van der Waals surface area contributed by atoms with E-state index in [-0.39, 0.29) is 11.8 Å². The van der Waals surface area contributed by atoms with E-state index in [0.717, 1.165) is 24.0 Å². The second-order valence-corrected chi connectivity index (χ2v) is 8.45. The first-order chi connectivity index (χ1) is 15.4. The number of aryl methyl sites for hydroxylation is 2. The quantitative estimate of drug-likeness (QED) is 0.340. The van der Waals surface area contributed by atoms with Crippen molar-refractivity contribution in [3.05, 3.63) is 87.4 Å². The number of nitrogens with one attached hydrogen (secondary N) is 2. The van der Waals surface area contributed by atoms with Crippen molar-refractivity contribution < 1.29 is 14.3 Å². The van der Waals surface area contributed by atoms with Gasteiger partial charge in [0, 0.05) is 11.3 Å². The lowest BCUT2D eigenvalue weighted by molar-refractivity contribution is 0.102. The third-order valence-corrected chi connectivity index (χ3v) is 5.75. The molecule has 3 rings (SSSR count). The maximum atomic E-state index is 12.9. The zero-order chi connectivity index (χ0) is 23.1. The van der Waals surface area contributed by atoms with Crippen LogP contribution >= 0.6 is 15.9 Å². The van der Waals surface area contributed by atoms with Crippen molar-refractivity contribution in [1.29, 1.82) is 0 Å². The Bertz CT molecular complexity index is 1130. The molecule has 166 valence electrons. The number of carbonyl (C=O) groups excluding carboxylic acids is 2. The van der Waals surface area contributed by atoms with E-state index in [1.165, 1.54) is 0 Å². The third-order valence-electron chi connectivity index (χ3n) is 5.13. The second-order valence-electron chi connectivity index (χ2n) is 7.60. The van der Waals surface area contributed by atoms with Crippen LogP contribution in [0.15, 0.2) is 65.1 Å². The number of ether oxygens (including phenoxy) is 1. The van der Waals surface area contributed by atoms with Gasteiger partial charge >= 0.3 is 0 Å². The standard InChI is InChI=1S/C26H27BrN2O3/c1-4-5-14-32-24-13-11-19(16-22(24)27)25(30)29-23-9-7-6-8-21(23)26(31)28-20-12-10-17(2)18(3)15-20/h6-13,15-16H,4-5,14H2,1-3H3,(H,28,31)(H,29,30). The number of hydrogen-bond acceptors (Lipinski definition) is 3. The lowest BCUT2D eigenvalue weighted by Crippen LogP contribution is -2.18. The third kappa shape index (κ3) is 5.98. The summed E-state index contributed by atoms with van der Waals surface area (Å²) in [5, 5.41) is 5.76. The SMILES string of the molecule is CCCCOc1ccc(C(=O)Nc2ccccc2C(=O)Nc2ccc(C)c(C)c2)cc1Br. The van der Waals surface area contributed by atoms with E-state index in [2.05, 4.69) is 33.5 Å². The van der Waals surface area contributed by atoms with Gasteiger partial charge < -0.3 is 15.4 Å². The van der Waals surface area contributed by atoms with Crippen LogP contribution in [0.5, 0.6) is 5.75 Å². The first-order valence-corrected chi connectivity index (χ1v) is 11.4. The molecule has 3 aromatic rings. The van der Waals surface area contributed by atoms with Crippen molar-refractivity contribution in [2.45, 2.75) is 33.6 Å². The summed E-state index contributed by atoms with van der Waals surface area (Å²) in [6, 6.07) is 17.9. The minimum Gasteiger partial charge on any atom is -0.492 e. The van der Waals surface area contributed by atoms with Crippen molar-refractivity contribution in [2.24, 2.45) is 0 Å². The van der Waals surface area contributed by atoms with Gasteiger partial charge in [0.2, 0.25) is 0 Å². The molecular weight excluding hydrogens is 468 g/mol. The fourth-order valence-electron chi connectivity index (χ4n) is 3.09. The van der Waals surface area contributed by atoms with E-state index in [1.54, 1.807) is 42.5 Å². The Hall–Kier alpha value is -3.12. The molecule has 0 saturated carbocycles. The van der Waals surface area contributed by atoms with Crippen LogP contribution in [0.4, 0.5) is 11.4 Å². The zero-order valence-corrected chi connectivity index (χ0v) is 20.1. The van der Waals surface area contributed by atoms with Gasteiger partial charge in [0.1, 0.15) is 5.75 Å². The van der Waals surface area contributed by atoms with Crippen molar-refractivity contribution in [1.82, 2.24) is 0 Å². The maximum absolute atomic E-state index is 12.9. The van der Waals surface area contributed by atoms with Crippen LogP contribution in [0.25, 0.3) is 0 Å². The summed E-state index contributed by atoms with van der Waals surface area (Å²) >= 11 is 3.47. The van der Waals surface area contributed by atoms with Crippen LogP contribution in [0.3, 0.4) is 0 Å². The average Bonchev–Trinajstić information content (AvgIpc) is 2.77. The Labute approximate surface area is 197 Å². The lowest BCUT2D eigenvalue weighted by atomic mass is 10.1. The predicted octanol–water partition coefficient (Wildman–Crippen LogP) is 6.75. The number of para-hydroxylation sites is 1. The predicted molar refractivity (Wildman–Crippen MR) is 133 cm³/mol. The maximum Gasteiger partial charge on any atom is 0.257 e. The largest absolute Gasteiger partial charge is 0.492 e. The van der Waals surface area contributed by atoms with Gasteiger partial charge in [-0.2, -0.15) is 0 Å². The number of carbonyl (C=O) groups is 2. The molecule has 0 bridgehead atoms. The summed E-state index contributed by atoms with van der Waals surface area (Å²) < 4.78 is 6.43. The van der Waals surface area contributed by atoms with Crippen LogP contribution < -0.4 is 15.4 Å². The molecule has 0 aromatic heterocycles. The first kappa shape index (κ1) is 23.5. The van der Waals surface area contributed by atoms with Crippen molar-refractivity contribution in [3.8, 4) is 5.75 Å². The molecule has 2 N–H and O–H groups in total. The summed E-state index contributed by atoms with van der Waals surface area (Å²) in [6.07, 6.45) is 2.02. The summed E-state index contributed by atoms with van der Waals surface area (Å²) in [5.41, 5.74) is 4.25. The number of benzene rings is 3. The molecule has 0 unspecified atom stereocenters. The number of hydrogen-bond donors (Lipinski definition) is 2. The molecule has 3 aromatic carbocycles.